The molecular formula is C11H18N4. The molecule has 1 unspecified atom stereocenters. The van der Waals surface area contributed by atoms with Gasteiger partial charge < -0.3 is 15.6 Å². The first kappa shape index (κ1) is 11.8. The van der Waals surface area contributed by atoms with Crippen molar-refractivity contribution in [3.05, 3.63) is 18.2 Å². The fourth-order valence-corrected chi connectivity index (χ4v) is 1.51. The molecular weight excluding hydrogens is 188 g/mol. The van der Waals surface area contributed by atoms with Gasteiger partial charge in [0, 0.05) is 32.3 Å². The third kappa shape index (κ3) is 3.08. The van der Waals surface area contributed by atoms with Gasteiger partial charge in [0.15, 0.2) is 0 Å². The number of nitrogens with zero attached hydrogens (tertiary/aromatic N) is 2. The Balaban J connectivity index is 2.62. The van der Waals surface area contributed by atoms with Gasteiger partial charge in [0.2, 0.25) is 0 Å². The van der Waals surface area contributed by atoms with Crippen molar-refractivity contribution in [2.75, 3.05) is 13.1 Å². The highest BCUT2D eigenvalue weighted by atomic mass is 15.1. The van der Waals surface area contributed by atoms with Crippen LogP contribution in [0, 0.1) is 12.3 Å². The van der Waals surface area contributed by atoms with E-state index in [0.717, 1.165) is 25.2 Å². The van der Waals surface area contributed by atoms with E-state index in [1.165, 1.54) is 0 Å². The lowest BCUT2D eigenvalue weighted by atomic mass is 10.2. The lowest BCUT2D eigenvalue weighted by Crippen LogP contribution is -2.30. The van der Waals surface area contributed by atoms with E-state index >= 15 is 0 Å². The number of hydrogen-bond acceptors (Lipinski definition) is 3. The first-order valence-corrected chi connectivity index (χ1v) is 5.20. The summed E-state index contributed by atoms with van der Waals surface area (Å²) in [5, 5.41) is 3.32. The Morgan fingerprint density at radius 3 is 3.13 bits per heavy atom. The van der Waals surface area contributed by atoms with E-state index in [9.17, 15) is 0 Å². The molecule has 4 heteroatoms. The molecule has 0 aromatic carbocycles. The highest BCUT2D eigenvalue weighted by molar-refractivity contribution is 5.06. The van der Waals surface area contributed by atoms with Crippen LogP contribution in [0.5, 0.6) is 0 Å². The van der Waals surface area contributed by atoms with Gasteiger partial charge in [-0.3, -0.25) is 0 Å². The number of nitrogens with two attached hydrogens (primary N) is 1. The number of aryl methyl sites for hydroxylation is 1. The maximum absolute atomic E-state index is 5.71. The second-order valence-electron chi connectivity index (χ2n) is 3.30. The average Bonchev–Trinajstić information content (AvgIpc) is 2.72. The van der Waals surface area contributed by atoms with Crippen molar-refractivity contribution in [2.45, 2.75) is 25.9 Å². The number of hydrogen-bond donors (Lipinski definition) is 2. The van der Waals surface area contributed by atoms with Gasteiger partial charge in [-0.1, -0.05) is 0 Å². The molecule has 1 aromatic rings. The third-order valence-corrected chi connectivity index (χ3v) is 2.34. The first-order valence-electron chi connectivity index (χ1n) is 5.20. The average molecular weight is 206 g/mol. The fraction of sp³-hybridized carbons (Fsp3) is 0.545. The summed E-state index contributed by atoms with van der Waals surface area (Å²) in [7, 11) is 0. The summed E-state index contributed by atoms with van der Waals surface area (Å²) in [5.74, 6) is 2.60. The molecule has 0 aliphatic rings. The van der Waals surface area contributed by atoms with Crippen molar-refractivity contribution in [3.8, 4) is 12.3 Å². The Bertz CT molecular complexity index is 324. The minimum atomic E-state index is 0.140. The van der Waals surface area contributed by atoms with Crippen LogP contribution in [0.1, 0.15) is 25.1 Å². The van der Waals surface area contributed by atoms with Crippen LogP contribution in [0.4, 0.5) is 0 Å². The zero-order valence-electron chi connectivity index (χ0n) is 9.11. The molecule has 0 spiro atoms. The minimum absolute atomic E-state index is 0.140. The molecule has 0 bridgehead atoms. The second kappa shape index (κ2) is 6.23. The highest BCUT2D eigenvalue weighted by Gasteiger charge is 2.12. The molecule has 0 saturated carbocycles. The molecule has 1 heterocycles. The third-order valence-electron chi connectivity index (χ3n) is 2.34. The van der Waals surface area contributed by atoms with E-state index in [2.05, 4.69) is 27.7 Å². The van der Waals surface area contributed by atoms with Crippen LogP contribution >= 0.6 is 0 Å². The summed E-state index contributed by atoms with van der Waals surface area (Å²) in [4.78, 5) is 4.12. The van der Waals surface area contributed by atoms with E-state index in [1.54, 1.807) is 0 Å². The highest BCUT2D eigenvalue weighted by Crippen LogP contribution is 2.10. The van der Waals surface area contributed by atoms with Gasteiger partial charge in [-0.25, -0.2) is 4.98 Å². The topological polar surface area (TPSA) is 55.9 Å². The quantitative estimate of drug-likeness (QED) is 0.527. The molecule has 0 amide bonds. The molecule has 0 saturated heterocycles. The van der Waals surface area contributed by atoms with Crippen LogP contribution in [0.15, 0.2) is 12.5 Å². The molecule has 1 rings (SSSR count). The fourth-order valence-electron chi connectivity index (χ4n) is 1.51. The number of nitrogens with one attached hydrogen (secondary N) is 1. The summed E-state index contributed by atoms with van der Waals surface area (Å²) in [6.07, 6.45) is 9.58. The predicted molar refractivity (Wildman–Crippen MR) is 61.1 cm³/mol. The normalized spacial score (nSPS) is 12.3. The number of imidazole rings is 1. The number of terminal acetylenes is 1. The molecule has 0 radical (unpaired) electrons. The maximum Gasteiger partial charge on any atom is 0.0948 e. The Kier molecular flexibility index (Phi) is 4.88. The van der Waals surface area contributed by atoms with Crippen LogP contribution in [0.2, 0.25) is 0 Å². The smallest absolute Gasteiger partial charge is 0.0948 e. The van der Waals surface area contributed by atoms with Crippen molar-refractivity contribution >= 4 is 0 Å². The van der Waals surface area contributed by atoms with Crippen molar-refractivity contribution in [1.82, 2.24) is 14.9 Å². The molecule has 15 heavy (non-hydrogen) atoms. The zero-order valence-corrected chi connectivity index (χ0v) is 9.11. The van der Waals surface area contributed by atoms with E-state index in [-0.39, 0.29) is 6.04 Å². The van der Waals surface area contributed by atoms with E-state index in [0.29, 0.717) is 6.54 Å². The summed E-state index contributed by atoms with van der Waals surface area (Å²) in [6.45, 7) is 4.33. The summed E-state index contributed by atoms with van der Waals surface area (Å²) in [6, 6.07) is 0.140. The van der Waals surface area contributed by atoms with E-state index < -0.39 is 0 Å². The monoisotopic (exact) mass is 206 g/mol. The van der Waals surface area contributed by atoms with Crippen molar-refractivity contribution in [1.29, 1.82) is 0 Å². The zero-order chi connectivity index (χ0) is 11.1. The van der Waals surface area contributed by atoms with Gasteiger partial charge in [0.25, 0.3) is 0 Å². The minimum Gasteiger partial charge on any atom is -0.333 e. The van der Waals surface area contributed by atoms with Gasteiger partial charge in [-0.15, -0.1) is 12.3 Å². The van der Waals surface area contributed by atoms with Gasteiger partial charge in [0.1, 0.15) is 0 Å². The largest absolute Gasteiger partial charge is 0.333 e. The molecule has 0 aliphatic heterocycles. The van der Waals surface area contributed by atoms with Gasteiger partial charge >= 0.3 is 0 Å². The number of aromatic nitrogens is 2. The first-order chi connectivity index (χ1) is 7.33. The molecule has 4 nitrogen and oxygen atoms in total. The van der Waals surface area contributed by atoms with Gasteiger partial charge in [0.05, 0.1) is 18.1 Å². The van der Waals surface area contributed by atoms with Crippen LogP contribution < -0.4 is 11.1 Å². The van der Waals surface area contributed by atoms with Crippen LogP contribution in [-0.2, 0) is 6.54 Å². The van der Waals surface area contributed by atoms with Gasteiger partial charge in [-0.2, -0.15) is 0 Å². The van der Waals surface area contributed by atoms with Crippen molar-refractivity contribution in [3.63, 3.8) is 0 Å². The molecule has 0 aliphatic carbocycles. The molecule has 3 N–H and O–H groups in total. The summed E-state index contributed by atoms with van der Waals surface area (Å²) < 4.78 is 2.08. The lowest BCUT2D eigenvalue weighted by Gasteiger charge is -2.17. The van der Waals surface area contributed by atoms with Crippen LogP contribution in [-0.4, -0.2) is 22.6 Å². The predicted octanol–water partition coefficient (Wildman–Crippen LogP) is 0.516. The maximum atomic E-state index is 5.71. The van der Waals surface area contributed by atoms with Crippen LogP contribution in [0.3, 0.4) is 0 Å². The molecule has 1 aromatic heterocycles. The molecule has 82 valence electrons. The Morgan fingerprint density at radius 2 is 2.53 bits per heavy atom. The van der Waals surface area contributed by atoms with Crippen LogP contribution in [0.25, 0.3) is 0 Å². The van der Waals surface area contributed by atoms with E-state index in [4.69, 9.17) is 12.2 Å². The lowest BCUT2D eigenvalue weighted by molar-refractivity contribution is 0.512. The Labute approximate surface area is 90.9 Å². The van der Waals surface area contributed by atoms with Gasteiger partial charge in [-0.05, 0) is 6.92 Å². The second-order valence-corrected chi connectivity index (χ2v) is 3.30. The van der Waals surface area contributed by atoms with Crippen molar-refractivity contribution < 1.29 is 0 Å². The standard InChI is InChI=1S/C11H18N4/c1-3-5-6-14-10(7-12)11-8-13-9-15(11)4-2/h1,8-10,14H,4-7,12H2,2H3. The van der Waals surface area contributed by atoms with Crippen molar-refractivity contribution in [2.24, 2.45) is 5.73 Å². The number of rotatable bonds is 6. The van der Waals surface area contributed by atoms with E-state index in [1.807, 2.05) is 12.5 Å². The molecule has 0 fully saturated rings. The summed E-state index contributed by atoms with van der Waals surface area (Å²) in [5.41, 5.74) is 6.84. The molecule has 1 atom stereocenters. The Morgan fingerprint density at radius 1 is 1.73 bits per heavy atom. The SMILES string of the molecule is C#CCCNC(CN)c1cncn1CC. The summed E-state index contributed by atoms with van der Waals surface area (Å²) >= 11 is 0. The Hall–Kier alpha value is -1.31.